The summed E-state index contributed by atoms with van der Waals surface area (Å²) in [5.41, 5.74) is 0. The third-order valence-corrected chi connectivity index (χ3v) is 5.07. The molecule has 3 aromatic rings. The molecule has 0 radical (unpaired) electrons. The van der Waals surface area contributed by atoms with E-state index in [0.717, 1.165) is 31.6 Å². The normalized spacial score (nSPS) is 14.7. The predicted molar refractivity (Wildman–Crippen MR) is 106 cm³/mol. The van der Waals surface area contributed by atoms with E-state index in [4.69, 9.17) is 8.83 Å². The first-order chi connectivity index (χ1) is 14.2. The Kier molecular flexibility index (Phi) is 6.04. The Bertz CT molecular complexity index is 910. The lowest BCUT2D eigenvalue weighted by atomic mass is 10.2. The highest BCUT2D eigenvalue weighted by Crippen LogP contribution is 2.31. The van der Waals surface area contributed by atoms with Gasteiger partial charge in [-0.05, 0) is 37.9 Å². The Labute approximate surface area is 169 Å². The van der Waals surface area contributed by atoms with Gasteiger partial charge in [-0.1, -0.05) is 19.8 Å². The van der Waals surface area contributed by atoms with Gasteiger partial charge in [-0.25, -0.2) is 4.68 Å². The highest BCUT2D eigenvalue weighted by molar-refractivity contribution is 5.91. The van der Waals surface area contributed by atoms with Crippen LogP contribution in [0.2, 0.25) is 0 Å². The van der Waals surface area contributed by atoms with Crippen LogP contribution in [0.15, 0.2) is 39.5 Å². The van der Waals surface area contributed by atoms with Crippen molar-refractivity contribution in [3.8, 4) is 11.7 Å². The highest BCUT2D eigenvalue weighted by Gasteiger charge is 2.21. The molecular formula is C20H26N6O3. The van der Waals surface area contributed by atoms with Gasteiger partial charge >= 0.3 is 0 Å². The van der Waals surface area contributed by atoms with Crippen molar-refractivity contribution in [3.05, 3.63) is 36.5 Å². The Morgan fingerprint density at radius 3 is 2.93 bits per heavy atom. The van der Waals surface area contributed by atoms with Crippen LogP contribution in [0.3, 0.4) is 0 Å². The quantitative estimate of drug-likeness (QED) is 0.588. The lowest BCUT2D eigenvalue weighted by molar-refractivity contribution is -0.117. The smallest absolute Gasteiger partial charge is 0.283 e. The van der Waals surface area contributed by atoms with E-state index in [1.807, 2.05) is 15.6 Å². The maximum absolute atomic E-state index is 12.7. The molecule has 9 nitrogen and oxygen atoms in total. The van der Waals surface area contributed by atoms with Crippen molar-refractivity contribution in [2.45, 2.75) is 51.6 Å². The molecule has 3 aromatic heterocycles. The SMILES string of the molecule is CCCN(CC(=O)Nc1ccnn1C1CCCC1)Cc1nnc(-c2ccco2)o1. The molecule has 154 valence electrons. The van der Waals surface area contributed by atoms with E-state index in [1.54, 1.807) is 24.6 Å². The van der Waals surface area contributed by atoms with E-state index in [9.17, 15) is 4.79 Å². The fourth-order valence-corrected chi connectivity index (χ4v) is 3.78. The van der Waals surface area contributed by atoms with Gasteiger partial charge in [-0.15, -0.1) is 10.2 Å². The molecule has 4 rings (SSSR count). The molecule has 3 heterocycles. The molecule has 1 N–H and O–H groups in total. The van der Waals surface area contributed by atoms with Crippen LogP contribution < -0.4 is 5.32 Å². The Morgan fingerprint density at radius 2 is 2.17 bits per heavy atom. The number of nitrogens with zero attached hydrogens (tertiary/aromatic N) is 5. The summed E-state index contributed by atoms with van der Waals surface area (Å²) in [5, 5.41) is 15.5. The van der Waals surface area contributed by atoms with Gasteiger partial charge in [-0.3, -0.25) is 9.69 Å². The zero-order chi connectivity index (χ0) is 20.1. The zero-order valence-electron chi connectivity index (χ0n) is 16.6. The van der Waals surface area contributed by atoms with E-state index in [2.05, 4.69) is 27.5 Å². The van der Waals surface area contributed by atoms with Crippen LogP contribution in [0.4, 0.5) is 5.82 Å². The summed E-state index contributed by atoms with van der Waals surface area (Å²) in [4.78, 5) is 14.7. The van der Waals surface area contributed by atoms with Crippen molar-refractivity contribution in [2.24, 2.45) is 0 Å². The lowest BCUT2D eigenvalue weighted by Crippen LogP contribution is -2.34. The van der Waals surface area contributed by atoms with Crippen molar-refractivity contribution in [1.82, 2.24) is 24.9 Å². The summed E-state index contributed by atoms with van der Waals surface area (Å²) in [6, 6.07) is 5.77. The van der Waals surface area contributed by atoms with Crippen LogP contribution >= 0.6 is 0 Å². The number of aromatic nitrogens is 4. The fourth-order valence-electron chi connectivity index (χ4n) is 3.78. The molecule has 1 aliphatic carbocycles. The molecule has 0 saturated heterocycles. The third kappa shape index (κ3) is 4.73. The maximum Gasteiger partial charge on any atom is 0.283 e. The molecule has 1 saturated carbocycles. The lowest BCUT2D eigenvalue weighted by Gasteiger charge is -2.20. The molecule has 0 spiro atoms. The summed E-state index contributed by atoms with van der Waals surface area (Å²) < 4.78 is 12.9. The number of carbonyl (C=O) groups excluding carboxylic acids is 1. The second-order valence-electron chi connectivity index (χ2n) is 7.34. The largest absolute Gasteiger partial charge is 0.459 e. The monoisotopic (exact) mass is 398 g/mol. The second kappa shape index (κ2) is 9.04. The van der Waals surface area contributed by atoms with Crippen molar-refractivity contribution in [1.29, 1.82) is 0 Å². The molecular weight excluding hydrogens is 372 g/mol. The molecule has 29 heavy (non-hydrogen) atoms. The van der Waals surface area contributed by atoms with Crippen molar-refractivity contribution in [2.75, 3.05) is 18.4 Å². The first kappa shape index (κ1) is 19.4. The van der Waals surface area contributed by atoms with Gasteiger partial charge in [-0.2, -0.15) is 5.10 Å². The predicted octanol–water partition coefficient (Wildman–Crippen LogP) is 3.49. The first-order valence-corrected chi connectivity index (χ1v) is 10.1. The molecule has 0 atom stereocenters. The van der Waals surface area contributed by atoms with Crippen LogP contribution in [0, 0.1) is 0 Å². The van der Waals surface area contributed by atoms with Crippen molar-refractivity contribution in [3.63, 3.8) is 0 Å². The number of anilines is 1. The molecule has 0 bridgehead atoms. The first-order valence-electron chi connectivity index (χ1n) is 10.1. The summed E-state index contributed by atoms with van der Waals surface area (Å²) in [5.74, 6) is 2.00. The van der Waals surface area contributed by atoms with Crippen LogP contribution in [0.5, 0.6) is 0 Å². The average Bonchev–Trinajstić information content (AvgIpc) is 3.48. The number of rotatable bonds is 9. The summed E-state index contributed by atoms with van der Waals surface area (Å²) in [6.45, 7) is 3.45. The van der Waals surface area contributed by atoms with Crippen LogP contribution in [-0.2, 0) is 11.3 Å². The van der Waals surface area contributed by atoms with Gasteiger partial charge in [0.25, 0.3) is 5.89 Å². The van der Waals surface area contributed by atoms with Crippen molar-refractivity contribution >= 4 is 11.7 Å². The molecule has 1 fully saturated rings. The van der Waals surface area contributed by atoms with Gasteiger partial charge in [0.2, 0.25) is 11.8 Å². The standard InChI is InChI=1S/C20H26N6O3/c1-2-11-25(14-19-23-24-20(29-19)16-8-5-12-28-16)13-18(27)22-17-9-10-21-26(17)15-6-3-4-7-15/h5,8-10,12,15H,2-4,6-7,11,13-14H2,1H3,(H,22,27). The molecule has 0 aromatic carbocycles. The summed E-state index contributed by atoms with van der Waals surface area (Å²) in [7, 11) is 0. The van der Waals surface area contributed by atoms with E-state index < -0.39 is 0 Å². The molecule has 1 amide bonds. The topological polar surface area (TPSA) is 102 Å². The number of furan rings is 1. The number of carbonyl (C=O) groups is 1. The number of hydrogen-bond acceptors (Lipinski definition) is 7. The summed E-state index contributed by atoms with van der Waals surface area (Å²) in [6.07, 6.45) is 8.87. The molecule has 1 aliphatic rings. The molecule has 0 aliphatic heterocycles. The maximum atomic E-state index is 12.7. The van der Waals surface area contributed by atoms with E-state index in [1.165, 1.54) is 12.8 Å². The fraction of sp³-hybridized carbons (Fsp3) is 0.500. The number of hydrogen-bond donors (Lipinski definition) is 1. The van der Waals surface area contributed by atoms with Gasteiger partial charge in [0.15, 0.2) is 5.76 Å². The van der Waals surface area contributed by atoms with E-state index >= 15 is 0 Å². The Hall–Kier alpha value is -2.94. The van der Waals surface area contributed by atoms with Gasteiger partial charge in [0.1, 0.15) is 5.82 Å². The van der Waals surface area contributed by atoms with Gasteiger partial charge in [0.05, 0.1) is 31.6 Å². The average molecular weight is 398 g/mol. The van der Waals surface area contributed by atoms with E-state index in [-0.39, 0.29) is 12.5 Å². The number of nitrogens with one attached hydrogen (secondary N) is 1. The van der Waals surface area contributed by atoms with Gasteiger partial charge < -0.3 is 14.2 Å². The highest BCUT2D eigenvalue weighted by atomic mass is 16.4. The number of amides is 1. The summed E-state index contributed by atoms with van der Waals surface area (Å²) >= 11 is 0. The minimum Gasteiger partial charge on any atom is -0.459 e. The second-order valence-corrected chi connectivity index (χ2v) is 7.34. The molecule has 9 heteroatoms. The Morgan fingerprint density at radius 1 is 1.31 bits per heavy atom. The van der Waals surface area contributed by atoms with Gasteiger partial charge in [0, 0.05) is 6.07 Å². The minimum absolute atomic E-state index is 0.0797. The van der Waals surface area contributed by atoms with Crippen molar-refractivity contribution < 1.29 is 13.6 Å². The zero-order valence-corrected chi connectivity index (χ0v) is 16.6. The third-order valence-electron chi connectivity index (χ3n) is 5.07. The van der Waals surface area contributed by atoms with Crippen LogP contribution in [0.1, 0.15) is 51.0 Å². The minimum atomic E-state index is -0.0797. The van der Waals surface area contributed by atoms with Crippen LogP contribution in [-0.4, -0.2) is 43.9 Å². The van der Waals surface area contributed by atoms with Crippen LogP contribution in [0.25, 0.3) is 11.7 Å². The van der Waals surface area contributed by atoms with E-state index in [0.29, 0.717) is 30.1 Å². The molecule has 0 unspecified atom stereocenters. The Balaban J connectivity index is 1.37.